The van der Waals surface area contributed by atoms with Crippen LogP contribution in [0.4, 0.5) is 0 Å². The summed E-state index contributed by atoms with van der Waals surface area (Å²) in [6, 6.07) is 9.99. The largest absolute Gasteiger partial charge is 0.307 e. The zero-order valence-corrected chi connectivity index (χ0v) is 12.2. The van der Waals surface area contributed by atoms with E-state index >= 15 is 0 Å². The molecule has 1 fully saturated rings. The number of rotatable bonds is 2. The molecule has 1 aromatic carbocycles. The first-order chi connectivity index (χ1) is 9.43. The molecule has 0 spiro atoms. The van der Waals surface area contributed by atoms with Crippen molar-refractivity contribution < 1.29 is 0 Å². The number of benzene rings is 1. The van der Waals surface area contributed by atoms with Gasteiger partial charge in [0.15, 0.2) is 0 Å². The summed E-state index contributed by atoms with van der Waals surface area (Å²) in [6.45, 7) is 6.19. The third kappa shape index (κ3) is 2.67. The van der Waals surface area contributed by atoms with Crippen LogP contribution >= 0.6 is 0 Å². The maximum absolute atomic E-state index is 11.8. The smallest absolute Gasteiger partial charge is 0.251 e. The van der Waals surface area contributed by atoms with Crippen LogP contribution in [0.25, 0.3) is 11.4 Å². The lowest BCUT2D eigenvalue weighted by atomic mass is 9.92. The van der Waals surface area contributed by atoms with Gasteiger partial charge in [-0.05, 0) is 24.3 Å². The summed E-state index contributed by atoms with van der Waals surface area (Å²) in [5.41, 5.74) is 2.96. The fourth-order valence-electron chi connectivity index (χ4n) is 2.31. The summed E-state index contributed by atoms with van der Waals surface area (Å²) in [4.78, 5) is 19.3. The van der Waals surface area contributed by atoms with E-state index in [0.29, 0.717) is 5.82 Å². The number of hydrogen-bond donors (Lipinski definition) is 1. The predicted molar refractivity (Wildman–Crippen MR) is 81.0 cm³/mol. The van der Waals surface area contributed by atoms with Crippen molar-refractivity contribution in [3.63, 3.8) is 0 Å². The van der Waals surface area contributed by atoms with Crippen molar-refractivity contribution in [3.8, 4) is 11.4 Å². The Labute approximate surface area is 119 Å². The van der Waals surface area contributed by atoms with Gasteiger partial charge in [0, 0.05) is 17.0 Å². The highest BCUT2D eigenvalue weighted by molar-refractivity contribution is 5.55. The molecule has 1 heterocycles. The minimum atomic E-state index is -0.128. The third-order valence-corrected chi connectivity index (χ3v) is 3.74. The van der Waals surface area contributed by atoms with E-state index < -0.39 is 0 Å². The van der Waals surface area contributed by atoms with E-state index in [1.807, 2.05) is 0 Å². The van der Waals surface area contributed by atoms with Crippen LogP contribution in [0, 0.1) is 0 Å². The SMILES string of the molecule is CC(C)(C)c1cc(=O)[nH]c(-c2ccc(C3CC3)cc2)n1. The van der Waals surface area contributed by atoms with Crippen LogP contribution in [0.5, 0.6) is 0 Å². The van der Waals surface area contributed by atoms with Crippen molar-refractivity contribution in [1.29, 1.82) is 0 Å². The molecule has 1 saturated carbocycles. The minimum Gasteiger partial charge on any atom is -0.307 e. The molecular weight excluding hydrogens is 248 g/mol. The average Bonchev–Trinajstić information content (AvgIpc) is 3.21. The Kier molecular flexibility index (Phi) is 3.00. The van der Waals surface area contributed by atoms with Gasteiger partial charge in [-0.25, -0.2) is 4.98 Å². The topological polar surface area (TPSA) is 45.8 Å². The van der Waals surface area contributed by atoms with Crippen molar-refractivity contribution in [2.45, 2.75) is 44.9 Å². The van der Waals surface area contributed by atoms with Crippen molar-refractivity contribution in [2.24, 2.45) is 0 Å². The highest BCUT2D eigenvalue weighted by Crippen LogP contribution is 2.40. The Hall–Kier alpha value is -1.90. The molecule has 2 aromatic rings. The molecule has 3 rings (SSSR count). The zero-order chi connectivity index (χ0) is 14.3. The molecule has 104 valence electrons. The Balaban J connectivity index is 2.00. The van der Waals surface area contributed by atoms with Crippen molar-refractivity contribution in [3.05, 3.63) is 51.9 Å². The van der Waals surface area contributed by atoms with Crippen LogP contribution < -0.4 is 5.56 Å². The Morgan fingerprint density at radius 2 is 1.80 bits per heavy atom. The van der Waals surface area contributed by atoms with Gasteiger partial charge in [0.25, 0.3) is 5.56 Å². The molecule has 3 heteroatoms. The number of nitrogens with zero attached hydrogens (tertiary/aromatic N) is 1. The molecule has 1 N–H and O–H groups in total. The van der Waals surface area contributed by atoms with Crippen LogP contribution in [-0.2, 0) is 5.41 Å². The van der Waals surface area contributed by atoms with E-state index in [9.17, 15) is 4.79 Å². The van der Waals surface area contributed by atoms with Gasteiger partial charge in [-0.2, -0.15) is 0 Å². The van der Waals surface area contributed by atoms with Gasteiger partial charge in [0.05, 0.1) is 5.69 Å². The molecule has 0 bridgehead atoms. The molecule has 20 heavy (non-hydrogen) atoms. The first kappa shape index (κ1) is 13.1. The number of hydrogen-bond acceptors (Lipinski definition) is 2. The highest BCUT2D eigenvalue weighted by Gasteiger charge is 2.23. The van der Waals surface area contributed by atoms with Gasteiger partial charge in [-0.1, -0.05) is 45.0 Å². The molecule has 0 saturated heterocycles. The first-order valence-electron chi connectivity index (χ1n) is 7.16. The summed E-state index contributed by atoms with van der Waals surface area (Å²) < 4.78 is 0. The van der Waals surface area contributed by atoms with E-state index in [0.717, 1.165) is 17.2 Å². The van der Waals surface area contributed by atoms with Crippen molar-refractivity contribution in [2.75, 3.05) is 0 Å². The Morgan fingerprint density at radius 1 is 1.15 bits per heavy atom. The van der Waals surface area contributed by atoms with E-state index in [2.05, 4.69) is 55.0 Å². The summed E-state index contributed by atoms with van der Waals surface area (Å²) in [5, 5.41) is 0. The van der Waals surface area contributed by atoms with Crippen LogP contribution in [-0.4, -0.2) is 9.97 Å². The van der Waals surface area contributed by atoms with Gasteiger partial charge >= 0.3 is 0 Å². The molecule has 1 aliphatic rings. The quantitative estimate of drug-likeness (QED) is 0.904. The number of H-pyrrole nitrogens is 1. The summed E-state index contributed by atoms with van der Waals surface area (Å²) in [7, 11) is 0. The van der Waals surface area contributed by atoms with Crippen LogP contribution in [0.15, 0.2) is 35.1 Å². The van der Waals surface area contributed by atoms with Crippen molar-refractivity contribution in [1.82, 2.24) is 9.97 Å². The van der Waals surface area contributed by atoms with Crippen LogP contribution in [0.3, 0.4) is 0 Å². The van der Waals surface area contributed by atoms with Crippen LogP contribution in [0.1, 0.15) is 50.8 Å². The molecule has 0 radical (unpaired) electrons. The molecule has 3 nitrogen and oxygen atoms in total. The monoisotopic (exact) mass is 268 g/mol. The number of nitrogens with one attached hydrogen (secondary N) is 1. The lowest BCUT2D eigenvalue weighted by molar-refractivity contribution is 0.566. The van der Waals surface area contributed by atoms with E-state index in [1.54, 1.807) is 6.07 Å². The van der Waals surface area contributed by atoms with Gasteiger partial charge < -0.3 is 4.98 Å². The molecular formula is C17H20N2O. The summed E-state index contributed by atoms with van der Waals surface area (Å²) in [6.07, 6.45) is 2.60. The second-order valence-corrected chi connectivity index (χ2v) is 6.63. The van der Waals surface area contributed by atoms with Gasteiger partial charge in [-0.3, -0.25) is 4.79 Å². The fourth-order valence-corrected chi connectivity index (χ4v) is 2.31. The maximum Gasteiger partial charge on any atom is 0.251 e. The zero-order valence-electron chi connectivity index (χ0n) is 12.2. The second-order valence-electron chi connectivity index (χ2n) is 6.63. The normalized spacial score (nSPS) is 15.3. The van der Waals surface area contributed by atoms with E-state index in [1.165, 1.54) is 18.4 Å². The lowest BCUT2D eigenvalue weighted by Crippen LogP contribution is -2.19. The summed E-state index contributed by atoms with van der Waals surface area (Å²) in [5.74, 6) is 1.40. The number of aromatic nitrogens is 2. The van der Waals surface area contributed by atoms with E-state index in [-0.39, 0.29) is 11.0 Å². The van der Waals surface area contributed by atoms with E-state index in [4.69, 9.17) is 0 Å². The summed E-state index contributed by atoms with van der Waals surface area (Å²) >= 11 is 0. The third-order valence-electron chi connectivity index (χ3n) is 3.74. The molecule has 1 aliphatic carbocycles. The predicted octanol–water partition coefficient (Wildman–Crippen LogP) is 3.61. The second kappa shape index (κ2) is 4.58. The van der Waals surface area contributed by atoms with Gasteiger partial charge in [-0.15, -0.1) is 0 Å². The standard InChI is InChI=1S/C17H20N2O/c1-17(2,3)14-10-15(20)19-16(18-14)13-8-6-12(7-9-13)11-4-5-11/h6-11H,4-5H2,1-3H3,(H,18,19,20). The van der Waals surface area contributed by atoms with Crippen molar-refractivity contribution >= 4 is 0 Å². The Morgan fingerprint density at radius 3 is 2.35 bits per heavy atom. The first-order valence-corrected chi connectivity index (χ1v) is 7.16. The van der Waals surface area contributed by atoms with Gasteiger partial charge in [0.1, 0.15) is 5.82 Å². The minimum absolute atomic E-state index is 0.0915. The molecule has 0 atom stereocenters. The average molecular weight is 268 g/mol. The molecule has 0 aliphatic heterocycles. The lowest BCUT2D eigenvalue weighted by Gasteiger charge is -2.17. The Bertz CT molecular complexity index is 673. The molecule has 0 amide bonds. The number of aromatic amines is 1. The maximum atomic E-state index is 11.8. The fraction of sp³-hybridized carbons (Fsp3) is 0.412. The highest BCUT2D eigenvalue weighted by atomic mass is 16.1. The molecule has 1 aromatic heterocycles. The van der Waals surface area contributed by atoms with Crippen LogP contribution in [0.2, 0.25) is 0 Å². The van der Waals surface area contributed by atoms with Gasteiger partial charge in [0.2, 0.25) is 0 Å². The molecule has 0 unspecified atom stereocenters.